The molecule has 0 unspecified atom stereocenters. The van der Waals surface area contributed by atoms with Gasteiger partial charge in [0.25, 0.3) is 0 Å². The van der Waals surface area contributed by atoms with E-state index < -0.39 is 0 Å². The standard InChI is InChI=1S/C63H40N4O/c1-6-19-41(20-7-1)48-35-33-45(39-53(48)42-21-8-2-9-22-42)46-34-36-49(54(40-46)63-65-61(43-23-10-3-11-24-43)64-62(66-63)44-25-12-4-13-26-44)50-30-18-32-57-58(50)52-37-38-56-59(60(52)68-57)51-29-16-17-31-55(51)67(56)47-27-14-5-15-28-47/h1-40H. The number of benzene rings is 10. The Morgan fingerprint density at radius 1 is 0.294 bits per heavy atom. The van der Waals surface area contributed by atoms with Crippen molar-refractivity contribution in [1.29, 1.82) is 0 Å². The monoisotopic (exact) mass is 868 g/mol. The van der Waals surface area contributed by atoms with Crippen molar-refractivity contribution in [2.75, 3.05) is 0 Å². The molecule has 0 bridgehead atoms. The van der Waals surface area contributed by atoms with Gasteiger partial charge in [0.05, 0.1) is 16.4 Å². The average molecular weight is 869 g/mol. The maximum atomic E-state index is 7.03. The van der Waals surface area contributed by atoms with Gasteiger partial charge in [-0.25, -0.2) is 15.0 Å². The van der Waals surface area contributed by atoms with Crippen molar-refractivity contribution in [1.82, 2.24) is 19.5 Å². The lowest BCUT2D eigenvalue weighted by Gasteiger charge is -2.16. The van der Waals surface area contributed by atoms with E-state index >= 15 is 0 Å². The van der Waals surface area contributed by atoms with E-state index in [1.165, 1.54) is 11.1 Å². The van der Waals surface area contributed by atoms with Crippen LogP contribution in [0.2, 0.25) is 0 Å². The van der Waals surface area contributed by atoms with Crippen LogP contribution in [0.25, 0.3) is 128 Å². The summed E-state index contributed by atoms with van der Waals surface area (Å²) in [6.07, 6.45) is 0. The molecule has 0 aliphatic carbocycles. The number of fused-ring (bicyclic) bond motifs is 7. The first-order valence-corrected chi connectivity index (χ1v) is 22.9. The van der Waals surface area contributed by atoms with Crippen LogP contribution in [0.1, 0.15) is 0 Å². The third-order valence-electron chi connectivity index (χ3n) is 13.1. The van der Waals surface area contributed by atoms with Crippen molar-refractivity contribution in [3.8, 4) is 84.4 Å². The molecule has 0 N–H and O–H groups in total. The Bertz CT molecular complexity index is 3940. The summed E-state index contributed by atoms with van der Waals surface area (Å²) in [5, 5.41) is 4.31. The average Bonchev–Trinajstić information content (AvgIpc) is 3.98. The lowest BCUT2D eigenvalue weighted by Crippen LogP contribution is -2.01. The largest absolute Gasteiger partial charge is 0.455 e. The number of hydrogen-bond donors (Lipinski definition) is 0. The quantitative estimate of drug-likeness (QED) is 0.153. The third-order valence-corrected chi connectivity index (χ3v) is 13.1. The fraction of sp³-hybridized carbons (Fsp3) is 0. The lowest BCUT2D eigenvalue weighted by molar-refractivity contribution is 0.673. The van der Waals surface area contributed by atoms with Gasteiger partial charge in [0.1, 0.15) is 11.2 Å². The van der Waals surface area contributed by atoms with Gasteiger partial charge in [-0.1, -0.05) is 194 Å². The van der Waals surface area contributed by atoms with Gasteiger partial charge in [-0.2, -0.15) is 0 Å². The summed E-state index contributed by atoms with van der Waals surface area (Å²) in [7, 11) is 0. The maximum Gasteiger partial charge on any atom is 0.164 e. The highest BCUT2D eigenvalue weighted by Crippen LogP contribution is 2.46. The van der Waals surface area contributed by atoms with Crippen molar-refractivity contribution in [3.63, 3.8) is 0 Å². The van der Waals surface area contributed by atoms with E-state index in [9.17, 15) is 0 Å². The number of para-hydroxylation sites is 2. The smallest absolute Gasteiger partial charge is 0.164 e. The first kappa shape index (κ1) is 39.2. The Hall–Kier alpha value is -9.19. The normalized spacial score (nSPS) is 11.5. The van der Waals surface area contributed by atoms with Gasteiger partial charge >= 0.3 is 0 Å². The highest BCUT2D eigenvalue weighted by molar-refractivity contribution is 6.26. The molecule has 0 spiro atoms. The van der Waals surface area contributed by atoms with Gasteiger partial charge in [-0.05, 0) is 93.0 Å². The van der Waals surface area contributed by atoms with Crippen molar-refractivity contribution < 1.29 is 4.42 Å². The molecule has 0 amide bonds. The van der Waals surface area contributed by atoms with E-state index in [0.29, 0.717) is 17.5 Å². The van der Waals surface area contributed by atoms with Gasteiger partial charge < -0.3 is 8.98 Å². The number of furan rings is 1. The number of hydrogen-bond acceptors (Lipinski definition) is 4. The van der Waals surface area contributed by atoms with Crippen LogP contribution >= 0.6 is 0 Å². The Morgan fingerprint density at radius 3 is 1.47 bits per heavy atom. The summed E-state index contributed by atoms with van der Waals surface area (Å²) in [6, 6.07) is 85.1. The van der Waals surface area contributed by atoms with Crippen LogP contribution in [0.15, 0.2) is 247 Å². The highest BCUT2D eigenvalue weighted by Gasteiger charge is 2.23. The van der Waals surface area contributed by atoms with E-state index in [1.807, 2.05) is 36.4 Å². The second-order valence-electron chi connectivity index (χ2n) is 17.1. The van der Waals surface area contributed by atoms with E-state index in [0.717, 1.165) is 99.5 Å². The van der Waals surface area contributed by atoms with E-state index in [1.54, 1.807) is 0 Å². The Labute approximate surface area is 392 Å². The van der Waals surface area contributed by atoms with E-state index in [2.05, 4.69) is 211 Å². The summed E-state index contributed by atoms with van der Waals surface area (Å²) in [5.41, 5.74) is 16.5. The van der Waals surface area contributed by atoms with Crippen LogP contribution in [-0.4, -0.2) is 19.5 Å². The molecule has 0 aliphatic heterocycles. The summed E-state index contributed by atoms with van der Waals surface area (Å²) in [6.45, 7) is 0. The molecule has 0 aliphatic rings. The van der Waals surface area contributed by atoms with Gasteiger partial charge in [0.15, 0.2) is 17.5 Å². The van der Waals surface area contributed by atoms with E-state index in [-0.39, 0.29) is 0 Å². The molecule has 13 rings (SSSR count). The molecule has 0 atom stereocenters. The van der Waals surface area contributed by atoms with Crippen LogP contribution in [-0.2, 0) is 0 Å². The molecule has 0 saturated carbocycles. The van der Waals surface area contributed by atoms with Crippen LogP contribution in [0, 0.1) is 0 Å². The van der Waals surface area contributed by atoms with Crippen LogP contribution in [0.5, 0.6) is 0 Å². The molecule has 0 saturated heterocycles. The topological polar surface area (TPSA) is 56.7 Å². The first-order valence-electron chi connectivity index (χ1n) is 22.9. The fourth-order valence-electron chi connectivity index (χ4n) is 9.94. The Kier molecular flexibility index (Phi) is 9.43. The fourth-order valence-corrected chi connectivity index (χ4v) is 9.94. The zero-order valence-electron chi connectivity index (χ0n) is 36.8. The second kappa shape index (κ2) is 16.4. The Balaban J connectivity index is 1.07. The molecule has 3 heterocycles. The molecular formula is C63H40N4O. The molecule has 10 aromatic carbocycles. The minimum atomic E-state index is 0.580. The molecule has 0 radical (unpaired) electrons. The minimum Gasteiger partial charge on any atom is -0.455 e. The molecule has 3 aromatic heterocycles. The third kappa shape index (κ3) is 6.68. The molecular weight excluding hydrogens is 829 g/mol. The molecule has 318 valence electrons. The summed E-state index contributed by atoms with van der Waals surface area (Å²) >= 11 is 0. The van der Waals surface area contributed by atoms with Crippen LogP contribution in [0.4, 0.5) is 0 Å². The molecule has 68 heavy (non-hydrogen) atoms. The van der Waals surface area contributed by atoms with Crippen molar-refractivity contribution in [3.05, 3.63) is 243 Å². The summed E-state index contributed by atoms with van der Waals surface area (Å²) in [5.74, 6) is 1.79. The first-order chi connectivity index (χ1) is 33.7. The molecule has 13 aromatic rings. The van der Waals surface area contributed by atoms with Crippen molar-refractivity contribution in [2.24, 2.45) is 0 Å². The molecule has 0 fully saturated rings. The van der Waals surface area contributed by atoms with Crippen LogP contribution in [0.3, 0.4) is 0 Å². The zero-order valence-corrected chi connectivity index (χ0v) is 36.8. The van der Waals surface area contributed by atoms with Crippen molar-refractivity contribution >= 4 is 43.7 Å². The summed E-state index contributed by atoms with van der Waals surface area (Å²) < 4.78 is 9.36. The lowest BCUT2D eigenvalue weighted by atomic mass is 9.89. The minimum absolute atomic E-state index is 0.580. The van der Waals surface area contributed by atoms with Gasteiger partial charge in [0, 0.05) is 38.5 Å². The SMILES string of the molecule is c1ccc(-c2nc(-c3ccccc3)nc(-c3cc(-c4ccc(-c5ccccc5)c(-c5ccccc5)c4)ccc3-c3cccc4oc5c(ccc6c5c5ccccc5n6-c5ccccc5)c34)n2)cc1. The highest BCUT2D eigenvalue weighted by atomic mass is 16.3. The summed E-state index contributed by atoms with van der Waals surface area (Å²) in [4.78, 5) is 15.7. The zero-order chi connectivity index (χ0) is 45.0. The predicted octanol–water partition coefficient (Wildman–Crippen LogP) is 16.5. The van der Waals surface area contributed by atoms with Gasteiger partial charge in [-0.3, -0.25) is 0 Å². The number of rotatable bonds is 8. The Morgan fingerprint density at radius 2 is 0.824 bits per heavy atom. The van der Waals surface area contributed by atoms with Gasteiger partial charge in [-0.15, -0.1) is 0 Å². The number of aromatic nitrogens is 4. The molecule has 5 nitrogen and oxygen atoms in total. The van der Waals surface area contributed by atoms with Gasteiger partial charge in [0.2, 0.25) is 0 Å². The maximum absolute atomic E-state index is 7.03. The van der Waals surface area contributed by atoms with Crippen molar-refractivity contribution in [2.45, 2.75) is 0 Å². The van der Waals surface area contributed by atoms with Crippen LogP contribution < -0.4 is 0 Å². The predicted molar refractivity (Wildman–Crippen MR) is 279 cm³/mol. The second-order valence-corrected chi connectivity index (χ2v) is 17.1. The van der Waals surface area contributed by atoms with E-state index in [4.69, 9.17) is 19.4 Å². The molecule has 5 heteroatoms. The number of nitrogens with zero attached hydrogens (tertiary/aromatic N) is 4.